The van der Waals surface area contributed by atoms with E-state index in [0.29, 0.717) is 0 Å². The first-order chi connectivity index (χ1) is 15.6. The standard InChI is InChI=1S/C21H20O12/c22-6-13-15(26)17(28)19(30)21(33-13)31-8-4-11(25)14-12(5-8)32-20(18(29)16(14)27)7-1-2-9(23)10(24)3-7/h1-5,13,15,17,19,21-26,28-30H,6H2/t13-,15+,17-,19-,21?/m1/s1. The second-order valence-corrected chi connectivity index (χ2v) is 7.44. The molecule has 12 heteroatoms. The summed E-state index contributed by atoms with van der Waals surface area (Å²) in [5.41, 5.74) is -1.20. The number of phenols is 3. The van der Waals surface area contributed by atoms with Crippen molar-refractivity contribution in [3.05, 3.63) is 40.6 Å². The quantitative estimate of drug-likeness (QED) is 0.229. The van der Waals surface area contributed by atoms with Crippen LogP contribution < -0.4 is 10.2 Å². The summed E-state index contributed by atoms with van der Waals surface area (Å²) in [5.74, 6) is -3.02. The van der Waals surface area contributed by atoms with Crippen molar-refractivity contribution in [1.29, 1.82) is 0 Å². The summed E-state index contributed by atoms with van der Waals surface area (Å²) in [6.07, 6.45) is -7.80. The van der Waals surface area contributed by atoms with E-state index in [4.69, 9.17) is 13.9 Å². The van der Waals surface area contributed by atoms with Crippen molar-refractivity contribution in [3.8, 4) is 40.1 Å². The molecule has 1 aliphatic rings. The third-order valence-corrected chi connectivity index (χ3v) is 5.26. The smallest absolute Gasteiger partial charge is 0.238 e. The lowest BCUT2D eigenvalue weighted by Crippen LogP contribution is -2.60. The summed E-state index contributed by atoms with van der Waals surface area (Å²) in [5, 5.41) is 78.6. The molecular formula is C21H20O12. The van der Waals surface area contributed by atoms with Gasteiger partial charge in [0.1, 0.15) is 46.9 Å². The largest absolute Gasteiger partial charge is 0.507 e. The molecule has 0 saturated carbocycles. The first-order valence-electron chi connectivity index (χ1n) is 9.64. The molecule has 1 saturated heterocycles. The van der Waals surface area contributed by atoms with Crippen LogP contribution in [0.1, 0.15) is 0 Å². The molecule has 8 N–H and O–H groups in total. The average Bonchev–Trinajstić information content (AvgIpc) is 2.78. The zero-order valence-corrected chi connectivity index (χ0v) is 16.7. The van der Waals surface area contributed by atoms with Crippen LogP contribution in [0.5, 0.6) is 28.7 Å². The lowest BCUT2D eigenvalue weighted by molar-refractivity contribution is -0.277. The van der Waals surface area contributed by atoms with Gasteiger partial charge in [-0.25, -0.2) is 0 Å². The van der Waals surface area contributed by atoms with Crippen molar-refractivity contribution in [2.75, 3.05) is 6.61 Å². The van der Waals surface area contributed by atoms with E-state index >= 15 is 0 Å². The Morgan fingerprint density at radius 3 is 2.27 bits per heavy atom. The zero-order chi connectivity index (χ0) is 24.0. The number of fused-ring (bicyclic) bond motifs is 1. The van der Waals surface area contributed by atoms with Gasteiger partial charge in [-0.1, -0.05) is 0 Å². The van der Waals surface area contributed by atoms with Crippen LogP contribution in [0, 0.1) is 0 Å². The Labute approximate surface area is 184 Å². The molecule has 2 heterocycles. The molecule has 176 valence electrons. The van der Waals surface area contributed by atoms with Crippen molar-refractivity contribution >= 4 is 11.0 Å². The predicted molar refractivity (Wildman–Crippen MR) is 109 cm³/mol. The number of ether oxygens (including phenoxy) is 2. The summed E-state index contributed by atoms with van der Waals surface area (Å²) in [6.45, 7) is -0.676. The van der Waals surface area contributed by atoms with Crippen LogP contribution in [0.4, 0.5) is 0 Å². The van der Waals surface area contributed by atoms with Gasteiger partial charge in [-0.2, -0.15) is 0 Å². The van der Waals surface area contributed by atoms with Gasteiger partial charge >= 0.3 is 0 Å². The highest BCUT2D eigenvalue weighted by Gasteiger charge is 2.44. The number of hydrogen-bond donors (Lipinski definition) is 8. The van der Waals surface area contributed by atoms with Crippen LogP contribution in [0.2, 0.25) is 0 Å². The number of aliphatic hydroxyl groups excluding tert-OH is 4. The highest BCUT2D eigenvalue weighted by Crippen LogP contribution is 2.38. The number of aromatic hydroxyl groups is 4. The van der Waals surface area contributed by atoms with E-state index in [1.807, 2.05) is 0 Å². The maximum absolute atomic E-state index is 12.6. The van der Waals surface area contributed by atoms with E-state index < -0.39 is 65.7 Å². The minimum atomic E-state index is -1.72. The first-order valence-corrected chi connectivity index (χ1v) is 9.64. The molecule has 2 aromatic carbocycles. The van der Waals surface area contributed by atoms with Gasteiger partial charge < -0.3 is 54.7 Å². The molecule has 1 aromatic heterocycles. The average molecular weight is 464 g/mol. The maximum Gasteiger partial charge on any atom is 0.238 e. The second kappa shape index (κ2) is 8.42. The lowest BCUT2D eigenvalue weighted by Gasteiger charge is -2.39. The predicted octanol–water partition coefficient (Wildman–Crippen LogP) is -0.539. The van der Waals surface area contributed by atoms with Gasteiger partial charge in [0, 0.05) is 17.7 Å². The molecule has 1 fully saturated rings. The molecule has 0 radical (unpaired) electrons. The number of benzene rings is 2. The molecule has 0 aliphatic carbocycles. The fraction of sp³-hybridized carbons (Fsp3) is 0.286. The molecule has 12 nitrogen and oxygen atoms in total. The molecular weight excluding hydrogens is 444 g/mol. The summed E-state index contributed by atoms with van der Waals surface area (Å²) in [4.78, 5) is 12.6. The van der Waals surface area contributed by atoms with Crippen LogP contribution in [0.15, 0.2) is 39.5 Å². The summed E-state index contributed by atoms with van der Waals surface area (Å²) < 4.78 is 16.3. The molecule has 33 heavy (non-hydrogen) atoms. The first kappa shape index (κ1) is 22.6. The van der Waals surface area contributed by atoms with Gasteiger partial charge in [-0.3, -0.25) is 4.79 Å². The summed E-state index contributed by atoms with van der Waals surface area (Å²) >= 11 is 0. The normalized spacial score (nSPS) is 25.3. The van der Waals surface area contributed by atoms with Crippen LogP contribution in [-0.2, 0) is 4.74 Å². The third kappa shape index (κ3) is 3.90. The Bertz CT molecular complexity index is 1250. The Morgan fingerprint density at radius 1 is 0.879 bits per heavy atom. The maximum atomic E-state index is 12.6. The summed E-state index contributed by atoms with van der Waals surface area (Å²) in [6, 6.07) is 5.55. The van der Waals surface area contributed by atoms with Crippen LogP contribution in [-0.4, -0.2) is 78.2 Å². The fourth-order valence-corrected chi connectivity index (χ4v) is 3.49. The lowest BCUT2D eigenvalue weighted by atomic mass is 9.99. The van der Waals surface area contributed by atoms with Gasteiger partial charge in [0.2, 0.25) is 17.5 Å². The minimum Gasteiger partial charge on any atom is -0.507 e. The molecule has 4 rings (SSSR count). The molecule has 0 spiro atoms. The highest BCUT2D eigenvalue weighted by molar-refractivity contribution is 5.88. The Hall–Kier alpha value is -3.55. The Morgan fingerprint density at radius 2 is 1.61 bits per heavy atom. The number of hydrogen-bond acceptors (Lipinski definition) is 12. The number of rotatable bonds is 4. The Kier molecular flexibility index (Phi) is 5.78. The second-order valence-electron chi connectivity index (χ2n) is 7.44. The molecule has 3 aromatic rings. The van der Waals surface area contributed by atoms with Crippen molar-refractivity contribution in [2.24, 2.45) is 0 Å². The van der Waals surface area contributed by atoms with E-state index in [1.165, 1.54) is 6.07 Å². The van der Waals surface area contributed by atoms with Gasteiger partial charge in [0.15, 0.2) is 17.3 Å². The van der Waals surface area contributed by atoms with Crippen LogP contribution >= 0.6 is 0 Å². The van der Waals surface area contributed by atoms with Crippen molar-refractivity contribution < 1.29 is 54.7 Å². The number of aliphatic hydroxyl groups is 4. The fourth-order valence-electron chi connectivity index (χ4n) is 3.49. The minimum absolute atomic E-state index is 0.0431. The van der Waals surface area contributed by atoms with Gasteiger partial charge in [-0.05, 0) is 18.2 Å². The highest BCUT2D eigenvalue weighted by atomic mass is 16.7. The van der Waals surface area contributed by atoms with E-state index in [0.717, 1.165) is 24.3 Å². The molecule has 0 amide bonds. The van der Waals surface area contributed by atoms with Crippen molar-refractivity contribution in [2.45, 2.75) is 30.7 Å². The molecule has 1 aliphatic heterocycles. The van der Waals surface area contributed by atoms with Gasteiger partial charge in [0.25, 0.3) is 0 Å². The third-order valence-electron chi connectivity index (χ3n) is 5.26. The number of phenolic OH excluding ortho intramolecular Hbond substituents is 3. The van der Waals surface area contributed by atoms with E-state index in [9.17, 15) is 45.6 Å². The monoisotopic (exact) mass is 464 g/mol. The topological polar surface area (TPSA) is 211 Å². The van der Waals surface area contributed by atoms with Crippen molar-refractivity contribution in [3.63, 3.8) is 0 Å². The van der Waals surface area contributed by atoms with E-state index in [2.05, 4.69) is 0 Å². The SMILES string of the molecule is O=c1c(O)c(-c2ccc(O)c(O)c2)oc2cc(OC3O[C@H](CO)[C@H](O)[C@@H](O)[C@H]3O)cc(O)c12. The molecule has 1 unspecified atom stereocenters. The van der Waals surface area contributed by atoms with E-state index in [1.54, 1.807) is 0 Å². The summed E-state index contributed by atoms with van der Waals surface area (Å²) in [7, 11) is 0. The van der Waals surface area contributed by atoms with Crippen LogP contribution in [0.25, 0.3) is 22.3 Å². The van der Waals surface area contributed by atoms with E-state index in [-0.39, 0.29) is 28.0 Å². The van der Waals surface area contributed by atoms with Gasteiger partial charge in [-0.15, -0.1) is 0 Å². The molecule has 5 atom stereocenters. The Balaban J connectivity index is 1.76. The van der Waals surface area contributed by atoms with Gasteiger partial charge in [0.05, 0.1) is 6.61 Å². The van der Waals surface area contributed by atoms with Crippen molar-refractivity contribution in [1.82, 2.24) is 0 Å². The zero-order valence-electron chi connectivity index (χ0n) is 16.7. The molecule has 0 bridgehead atoms. The van der Waals surface area contributed by atoms with Crippen LogP contribution in [0.3, 0.4) is 0 Å².